The summed E-state index contributed by atoms with van der Waals surface area (Å²) in [5.41, 5.74) is 0.642. The van der Waals surface area contributed by atoms with Crippen LogP contribution in [0.15, 0.2) is 37.4 Å². The minimum Gasteiger partial charge on any atom is -0.489 e. The number of hydrogen-bond acceptors (Lipinski definition) is 4. The molecule has 1 aromatic rings. The van der Waals surface area contributed by atoms with Crippen LogP contribution < -0.4 is 9.47 Å². The van der Waals surface area contributed by atoms with Crippen LogP contribution in [0.25, 0.3) is 0 Å². The van der Waals surface area contributed by atoms with Gasteiger partial charge in [0.15, 0.2) is 12.6 Å². The maximum absolute atomic E-state index is 10.9. The van der Waals surface area contributed by atoms with Crippen molar-refractivity contribution in [3.05, 3.63) is 48.6 Å². The van der Waals surface area contributed by atoms with Crippen LogP contribution in [0.2, 0.25) is 0 Å². The molecule has 0 heterocycles. The molecule has 0 aromatic heterocycles. The molecule has 1 aromatic carbocycles. The van der Waals surface area contributed by atoms with Crippen LogP contribution in [0, 0.1) is 0 Å². The number of carbonyl (C=O) groups excluding carboxylic acids is 2. The normalized spacial score (nSPS) is 9.33. The molecule has 0 N–H and O–H groups in total. The first-order valence-corrected chi connectivity index (χ1v) is 5.32. The molecule has 0 radical (unpaired) electrons. The van der Waals surface area contributed by atoms with Crippen molar-refractivity contribution < 1.29 is 19.1 Å². The van der Waals surface area contributed by atoms with Gasteiger partial charge in [-0.3, -0.25) is 9.59 Å². The summed E-state index contributed by atoms with van der Waals surface area (Å²) < 4.78 is 10.6. The second-order valence-electron chi connectivity index (χ2n) is 3.36. The molecular weight excluding hydrogens is 232 g/mol. The monoisotopic (exact) mass is 246 g/mol. The van der Waals surface area contributed by atoms with E-state index in [2.05, 4.69) is 13.2 Å². The molecule has 18 heavy (non-hydrogen) atoms. The SMILES string of the molecule is C=CCOc1cc(C=O)c(OCC=C)cc1C=O. The van der Waals surface area contributed by atoms with Crippen molar-refractivity contribution in [3.8, 4) is 11.5 Å². The van der Waals surface area contributed by atoms with Crippen LogP contribution in [0.4, 0.5) is 0 Å². The Balaban J connectivity index is 3.13. The van der Waals surface area contributed by atoms with Gasteiger partial charge in [0.25, 0.3) is 0 Å². The summed E-state index contributed by atoms with van der Waals surface area (Å²) in [6, 6.07) is 2.94. The summed E-state index contributed by atoms with van der Waals surface area (Å²) in [4.78, 5) is 21.9. The maximum Gasteiger partial charge on any atom is 0.153 e. The fourth-order valence-corrected chi connectivity index (χ4v) is 1.32. The molecule has 0 aliphatic carbocycles. The molecule has 0 fully saturated rings. The number of aldehydes is 2. The van der Waals surface area contributed by atoms with Gasteiger partial charge in [-0.1, -0.05) is 25.3 Å². The summed E-state index contributed by atoms with van der Waals surface area (Å²) in [7, 11) is 0. The van der Waals surface area contributed by atoms with Crippen molar-refractivity contribution in [2.45, 2.75) is 0 Å². The third kappa shape index (κ3) is 3.31. The summed E-state index contributed by atoms with van der Waals surface area (Å²) >= 11 is 0. The molecule has 0 unspecified atom stereocenters. The highest BCUT2D eigenvalue weighted by Crippen LogP contribution is 2.27. The Morgan fingerprint density at radius 1 is 0.889 bits per heavy atom. The Labute approximate surface area is 106 Å². The summed E-state index contributed by atoms with van der Waals surface area (Å²) in [5, 5.41) is 0. The third-order valence-electron chi connectivity index (χ3n) is 2.11. The average molecular weight is 246 g/mol. The molecule has 0 saturated carbocycles. The second-order valence-corrected chi connectivity index (χ2v) is 3.36. The molecule has 0 saturated heterocycles. The standard InChI is InChI=1S/C14H14O4/c1-3-5-17-13-7-12(10-16)14(18-6-4-2)8-11(13)9-15/h3-4,7-10H,1-2,5-6H2. The number of hydrogen-bond donors (Lipinski definition) is 0. The smallest absolute Gasteiger partial charge is 0.153 e. The van der Waals surface area contributed by atoms with Crippen LogP contribution in [0.5, 0.6) is 11.5 Å². The molecule has 0 aliphatic rings. The molecule has 4 nitrogen and oxygen atoms in total. The third-order valence-corrected chi connectivity index (χ3v) is 2.11. The van der Waals surface area contributed by atoms with Gasteiger partial charge in [-0.2, -0.15) is 0 Å². The van der Waals surface area contributed by atoms with E-state index in [0.29, 0.717) is 35.2 Å². The maximum atomic E-state index is 10.9. The van der Waals surface area contributed by atoms with E-state index >= 15 is 0 Å². The Bertz CT molecular complexity index is 419. The molecule has 94 valence electrons. The number of benzene rings is 1. The van der Waals surface area contributed by atoms with E-state index in [1.54, 1.807) is 12.2 Å². The Morgan fingerprint density at radius 3 is 1.56 bits per heavy atom. The van der Waals surface area contributed by atoms with Crippen LogP contribution in [-0.2, 0) is 0 Å². The van der Waals surface area contributed by atoms with Gasteiger partial charge in [-0.05, 0) is 12.1 Å². The summed E-state index contributed by atoms with van der Waals surface area (Å²) in [6.45, 7) is 7.54. The molecule has 0 aliphatic heterocycles. The highest BCUT2D eigenvalue weighted by atomic mass is 16.5. The Morgan fingerprint density at radius 2 is 1.28 bits per heavy atom. The van der Waals surface area contributed by atoms with Crippen LogP contribution in [0.3, 0.4) is 0 Å². The zero-order valence-corrected chi connectivity index (χ0v) is 9.93. The average Bonchev–Trinajstić information content (AvgIpc) is 2.42. The number of rotatable bonds is 8. The highest BCUT2D eigenvalue weighted by molar-refractivity contribution is 5.87. The molecule has 4 heteroatoms. The predicted molar refractivity (Wildman–Crippen MR) is 68.6 cm³/mol. The van der Waals surface area contributed by atoms with Gasteiger partial charge in [-0.25, -0.2) is 0 Å². The van der Waals surface area contributed by atoms with E-state index in [1.807, 2.05) is 0 Å². The molecule has 1 rings (SSSR count). The van der Waals surface area contributed by atoms with E-state index in [0.717, 1.165) is 0 Å². The molecular formula is C14H14O4. The summed E-state index contributed by atoms with van der Waals surface area (Å²) in [5.74, 6) is 0.663. The van der Waals surface area contributed by atoms with Gasteiger partial charge in [0, 0.05) is 0 Å². The minimum absolute atomic E-state index is 0.256. The van der Waals surface area contributed by atoms with Gasteiger partial charge < -0.3 is 9.47 Å². The van der Waals surface area contributed by atoms with Gasteiger partial charge in [0.2, 0.25) is 0 Å². The minimum atomic E-state index is 0.256. The van der Waals surface area contributed by atoms with Crippen molar-refractivity contribution in [1.29, 1.82) is 0 Å². The zero-order valence-electron chi connectivity index (χ0n) is 9.93. The topological polar surface area (TPSA) is 52.6 Å². The van der Waals surface area contributed by atoms with E-state index in [-0.39, 0.29) is 13.2 Å². The first-order chi connectivity index (χ1) is 8.76. The molecule has 0 spiro atoms. The van der Waals surface area contributed by atoms with E-state index < -0.39 is 0 Å². The Kier molecular flexibility index (Phi) is 5.38. The van der Waals surface area contributed by atoms with E-state index in [9.17, 15) is 9.59 Å². The van der Waals surface area contributed by atoms with Crippen molar-refractivity contribution in [3.63, 3.8) is 0 Å². The van der Waals surface area contributed by atoms with Crippen molar-refractivity contribution >= 4 is 12.6 Å². The second kappa shape index (κ2) is 7.06. The van der Waals surface area contributed by atoms with E-state index in [1.165, 1.54) is 12.1 Å². The van der Waals surface area contributed by atoms with Crippen LogP contribution in [0.1, 0.15) is 20.7 Å². The van der Waals surface area contributed by atoms with Crippen molar-refractivity contribution in [2.24, 2.45) is 0 Å². The van der Waals surface area contributed by atoms with Gasteiger partial charge in [0.05, 0.1) is 11.1 Å². The van der Waals surface area contributed by atoms with Crippen molar-refractivity contribution in [2.75, 3.05) is 13.2 Å². The largest absolute Gasteiger partial charge is 0.489 e. The van der Waals surface area contributed by atoms with Crippen molar-refractivity contribution in [1.82, 2.24) is 0 Å². The molecule has 0 amide bonds. The quantitative estimate of drug-likeness (QED) is 0.522. The number of carbonyl (C=O) groups is 2. The van der Waals surface area contributed by atoms with Gasteiger partial charge in [0.1, 0.15) is 24.7 Å². The fraction of sp³-hybridized carbons (Fsp3) is 0.143. The lowest BCUT2D eigenvalue weighted by Crippen LogP contribution is -2.02. The summed E-state index contributed by atoms with van der Waals surface area (Å²) in [6.07, 6.45) is 4.40. The lowest BCUT2D eigenvalue weighted by Gasteiger charge is -2.11. The van der Waals surface area contributed by atoms with Gasteiger partial charge in [-0.15, -0.1) is 0 Å². The molecule has 0 bridgehead atoms. The van der Waals surface area contributed by atoms with Gasteiger partial charge >= 0.3 is 0 Å². The zero-order chi connectivity index (χ0) is 13.4. The first-order valence-electron chi connectivity index (χ1n) is 5.32. The Hall–Kier alpha value is -2.36. The van der Waals surface area contributed by atoms with E-state index in [4.69, 9.17) is 9.47 Å². The predicted octanol–water partition coefficient (Wildman–Crippen LogP) is 2.44. The number of ether oxygens (including phenoxy) is 2. The lowest BCUT2D eigenvalue weighted by atomic mass is 10.1. The fourth-order valence-electron chi connectivity index (χ4n) is 1.32. The highest BCUT2D eigenvalue weighted by Gasteiger charge is 2.11. The molecule has 0 atom stereocenters. The van der Waals surface area contributed by atoms with Crippen LogP contribution >= 0.6 is 0 Å². The van der Waals surface area contributed by atoms with Crippen LogP contribution in [-0.4, -0.2) is 25.8 Å². The first kappa shape index (κ1) is 13.7. The lowest BCUT2D eigenvalue weighted by molar-refractivity contribution is 0.110.